The van der Waals surface area contributed by atoms with E-state index in [-0.39, 0.29) is 13.2 Å². The van der Waals surface area contributed by atoms with Gasteiger partial charge in [-0.2, -0.15) is 0 Å². The first-order valence-electron chi connectivity index (χ1n) is 5.82. The number of rotatable bonds is 5. The molecule has 0 aromatic rings. The second-order valence-electron chi connectivity index (χ2n) is 3.95. The van der Waals surface area contributed by atoms with Crippen LogP contribution < -0.4 is 0 Å². The van der Waals surface area contributed by atoms with Crippen LogP contribution in [0.1, 0.15) is 13.8 Å². The number of hydrogen-bond acceptors (Lipinski definition) is 6. The molecule has 1 rings (SSSR count). The number of terminal acetylenes is 1. The quantitative estimate of drug-likeness (QED) is 0.549. The molecule has 0 amide bonds. The molecule has 0 saturated carbocycles. The standard InChI is InChI=1S/C13H15BrO6/c1-4-5-17-13-10(14)6-11(19-9(3)16)12(20-13)7-18-8(2)15/h1,6,11-13H,5,7H2,2-3H3/t11-,12-,13+/m1/s1. The minimum Gasteiger partial charge on any atom is -0.463 e. The molecule has 0 fully saturated rings. The maximum Gasteiger partial charge on any atom is 0.303 e. The first-order valence-corrected chi connectivity index (χ1v) is 6.61. The molecule has 0 aromatic carbocycles. The second-order valence-corrected chi connectivity index (χ2v) is 4.87. The average molecular weight is 347 g/mol. The van der Waals surface area contributed by atoms with Gasteiger partial charge >= 0.3 is 11.9 Å². The second kappa shape index (κ2) is 8.04. The fourth-order valence-electron chi connectivity index (χ4n) is 1.52. The molecule has 110 valence electrons. The highest BCUT2D eigenvalue weighted by atomic mass is 79.9. The van der Waals surface area contributed by atoms with E-state index in [0.29, 0.717) is 4.48 Å². The molecule has 3 atom stereocenters. The molecule has 0 saturated heterocycles. The molecule has 20 heavy (non-hydrogen) atoms. The Hall–Kier alpha value is -1.36. The lowest BCUT2D eigenvalue weighted by Crippen LogP contribution is -2.43. The van der Waals surface area contributed by atoms with E-state index in [4.69, 9.17) is 25.4 Å². The van der Waals surface area contributed by atoms with Crippen molar-refractivity contribution in [3.05, 3.63) is 10.6 Å². The molecule has 1 heterocycles. The van der Waals surface area contributed by atoms with Crippen LogP contribution in [0.15, 0.2) is 10.6 Å². The van der Waals surface area contributed by atoms with E-state index in [1.54, 1.807) is 6.08 Å². The largest absolute Gasteiger partial charge is 0.463 e. The fraction of sp³-hybridized carbons (Fsp3) is 0.538. The van der Waals surface area contributed by atoms with Gasteiger partial charge in [-0.05, 0) is 6.08 Å². The van der Waals surface area contributed by atoms with Crippen molar-refractivity contribution in [3.63, 3.8) is 0 Å². The van der Waals surface area contributed by atoms with Crippen molar-refractivity contribution >= 4 is 27.9 Å². The summed E-state index contributed by atoms with van der Waals surface area (Å²) in [5.41, 5.74) is 0. The zero-order valence-electron chi connectivity index (χ0n) is 11.1. The lowest BCUT2D eigenvalue weighted by molar-refractivity contribution is -0.194. The Kier molecular flexibility index (Phi) is 6.71. The Morgan fingerprint density at radius 3 is 2.70 bits per heavy atom. The van der Waals surface area contributed by atoms with Crippen LogP contribution in [0.4, 0.5) is 0 Å². The monoisotopic (exact) mass is 346 g/mol. The summed E-state index contributed by atoms with van der Waals surface area (Å²) in [6.45, 7) is 2.57. The van der Waals surface area contributed by atoms with Gasteiger partial charge < -0.3 is 18.9 Å². The van der Waals surface area contributed by atoms with Crippen LogP contribution in [0.25, 0.3) is 0 Å². The van der Waals surface area contributed by atoms with Crippen LogP contribution in [0.3, 0.4) is 0 Å². The number of esters is 2. The predicted molar refractivity (Wildman–Crippen MR) is 72.6 cm³/mol. The van der Waals surface area contributed by atoms with Gasteiger partial charge in [-0.25, -0.2) is 0 Å². The molecule has 0 unspecified atom stereocenters. The first-order chi connectivity index (χ1) is 9.43. The smallest absolute Gasteiger partial charge is 0.303 e. The van der Waals surface area contributed by atoms with Crippen molar-refractivity contribution in [3.8, 4) is 12.3 Å². The lowest BCUT2D eigenvalue weighted by Gasteiger charge is -2.32. The van der Waals surface area contributed by atoms with E-state index >= 15 is 0 Å². The summed E-state index contributed by atoms with van der Waals surface area (Å²) in [6.07, 6.45) is 4.68. The first kappa shape index (κ1) is 16.7. The summed E-state index contributed by atoms with van der Waals surface area (Å²) in [7, 11) is 0. The van der Waals surface area contributed by atoms with E-state index in [0.717, 1.165) is 0 Å². The third kappa shape index (κ3) is 5.33. The van der Waals surface area contributed by atoms with Gasteiger partial charge in [0.05, 0.1) is 4.48 Å². The molecule has 0 bridgehead atoms. The molecule has 1 aliphatic heterocycles. The Labute approximate surface area is 125 Å². The highest BCUT2D eigenvalue weighted by Gasteiger charge is 2.34. The van der Waals surface area contributed by atoms with Crippen molar-refractivity contribution in [2.75, 3.05) is 13.2 Å². The van der Waals surface area contributed by atoms with Crippen LogP contribution in [-0.2, 0) is 28.5 Å². The minimum atomic E-state index is -0.724. The van der Waals surface area contributed by atoms with E-state index in [1.165, 1.54) is 13.8 Å². The average Bonchev–Trinajstić information content (AvgIpc) is 2.35. The molecule has 0 spiro atoms. The topological polar surface area (TPSA) is 71.1 Å². The number of carbonyl (C=O) groups excluding carboxylic acids is 2. The summed E-state index contributed by atoms with van der Waals surface area (Å²) in [6, 6.07) is 0. The summed E-state index contributed by atoms with van der Waals surface area (Å²) >= 11 is 3.27. The number of hydrogen-bond donors (Lipinski definition) is 0. The van der Waals surface area contributed by atoms with Gasteiger partial charge in [0.2, 0.25) is 0 Å². The SMILES string of the molecule is C#CCO[C@H]1O[C@H](COC(C)=O)[C@H](OC(C)=O)C=C1Br. The highest BCUT2D eigenvalue weighted by molar-refractivity contribution is 9.11. The summed E-state index contributed by atoms with van der Waals surface area (Å²) in [5, 5.41) is 0. The van der Waals surface area contributed by atoms with Crippen molar-refractivity contribution in [1.82, 2.24) is 0 Å². The molecule has 1 aliphatic rings. The Bertz CT molecular complexity index is 439. The minimum absolute atomic E-state index is 0.0556. The van der Waals surface area contributed by atoms with Crippen molar-refractivity contribution in [1.29, 1.82) is 0 Å². The van der Waals surface area contributed by atoms with Gasteiger partial charge in [-0.1, -0.05) is 21.9 Å². The van der Waals surface area contributed by atoms with E-state index in [2.05, 4.69) is 21.9 Å². The van der Waals surface area contributed by atoms with Crippen LogP contribution >= 0.6 is 15.9 Å². The van der Waals surface area contributed by atoms with E-state index in [1.807, 2.05) is 0 Å². The molecular weight excluding hydrogens is 332 g/mol. The van der Waals surface area contributed by atoms with Crippen molar-refractivity contribution in [2.45, 2.75) is 32.3 Å². The van der Waals surface area contributed by atoms with Crippen LogP contribution in [-0.4, -0.2) is 43.7 Å². The zero-order valence-corrected chi connectivity index (χ0v) is 12.7. The van der Waals surface area contributed by atoms with Gasteiger partial charge in [0.15, 0.2) is 12.4 Å². The Balaban J connectivity index is 2.77. The van der Waals surface area contributed by atoms with Crippen LogP contribution in [0.5, 0.6) is 0 Å². The summed E-state index contributed by atoms with van der Waals surface area (Å²) in [4.78, 5) is 21.9. The lowest BCUT2D eigenvalue weighted by atomic mass is 10.1. The molecule has 0 aliphatic carbocycles. The maximum absolute atomic E-state index is 11.1. The van der Waals surface area contributed by atoms with Crippen molar-refractivity contribution < 1.29 is 28.5 Å². The predicted octanol–water partition coefficient (Wildman–Crippen LogP) is 1.13. The van der Waals surface area contributed by atoms with Gasteiger partial charge in [-0.15, -0.1) is 6.42 Å². The number of ether oxygens (including phenoxy) is 4. The highest BCUT2D eigenvalue weighted by Crippen LogP contribution is 2.27. The zero-order chi connectivity index (χ0) is 15.1. The van der Waals surface area contributed by atoms with Gasteiger partial charge in [-0.3, -0.25) is 9.59 Å². The van der Waals surface area contributed by atoms with Crippen LogP contribution in [0, 0.1) is 12.3 Å². The van der Waals surface area contributed by atoms with Gasteiger partial charge in [0.25, 0.3) is 0 Å². The van der Waals surface area contributed by atoms with Crippen LogP contribution in [0.2, 0.25) is 0 Å². The third-order valence-electron chi connectivity index (χ3n) is 2.28. The normalized spacial score (nSPS) is 25.3. The maximum atomic E-state index is 11.1. The summed E-state index contributed by atoms with van der Waals surface area (Å²) in [5.74, 6) is 1.40. The molecule has 6 nitrogen and oxygen atoms in total. The molecule has 7 heteroatoms. The van der Waals surface area contributed by atoms with Crippen molar-refractivity contribution in [2.24, 2.45) is 0 Å². The van der Waals surface area contributed by atoms with Gasteiger partial charge in [0.1, 0.15) is 19.3 Å². The fourth-order valence-corrected chi connectivity index (χ4v) is 2.02. The summed E-state index contributed by atoms with van der Waals surface area (Å²) < 4.78 is 21.4. The molecule has 0 radical (unpaired) electrons. The number of carbonyl (C=O) groups is 2. The molecule has 0 aromatic heterocycles. The van der Waals surface area contributed by atoms with E-state index in [9.17, 15) is 9.59 Å². The third-order valence-corrected chi connectivity index (χ3v) is 2.92. The molecular formula is C13H15BrO6. The van der Waals surface area contributed by atoms with E-state index < -0.39 is 30.4 Å². The Morgan fingerprint density at radius 2 is 2.15 bits per heavy atom. The van der Waals surface area contributed by atoms with Gasteiger partial charge in [0, 0.05) is 13.8 Å². The Morgan fingerprint density at radius 1 is 1.45 bits per heavy atom. The molecule has 0 N–H and O–H groups in total. The number of halogens is 1.